The summed E-state index contributed by atoms with van der Waals surface area (Å²) in [6.45, 7) is 1.84. The Labute approximate surface area is 109 Å². The summed E-state index contributed by atoms with van der Waals surface area (Å²) in [7, 11) is 0. The third-order valence-electron chi connectivity index (χ3n) is 2.51. The number of benzene rings is 2. The van der Waals surface area contributed by atoms with Crippen molar-refractivity contribution in [3.05, 3.63) is 53.6 Å². The van der Waals surface area contributed by atoms with E-state index in [1.807, 2.05) is 19.1 Å². The van der Waals surface area contributed by atoms with Crippen molar-refractivity contribution in [2.24, 2.45) is 0 Å². The lowest BCUT2D eigenvalue weighted by atomic mass is 10.2. The van der Waals surface area contributed by atoms with Gasteiger partial charge >= 0.3 is 5.97 Å². The minimum atomic E-state index is -0.924. The molecular formula is C14H12O3S. The van der Waals surface area contributed by atoms with Crippen LogP contribution in [0.5, 0.6) is 5.75 Å². The highest BCUT2D eigenvalue weighted by atomic mass is 32.2. The summed E-state index contributed by atoms with van der Waals surface area (Å²) in [6.07, 6.45) is 0. The number of carbonyl (C=O) groups is 1. The minimum Gasteiger partial charge on any atom is -0.508 e. The summed E-state index contributed by atoms with van der Waals surface area (Å²) in [4.78, 5) is 12.7. The summed E-state index contributed by atoms with van der Waals surface area (Å²) < 4.78 is 0. The molecular weight excluding hydrogens is 248 g/mol. The van der Waals surface area contributed by atoms with Gasteiger partial charge in [0.1, 0.15) is 5.75 Å². The van der Waals surface area contributed by atoms with Gasteiger partial charge in [-0.05, 0) is 55.0 Å². The van der Waals surface area contributed by atoms with Gasteiger partial charge in [-0.15, -0.1) is 0 Å². The van der Waals surface area contributed by atoms with Crippen molar-refractivity contribution >= 4 is 17.7 Å². The van der Waals surface area contributed by atoms with Crippen molar-refractivity contribution in [2.45, 2.75) is 16.7 Å². The van der Waals surface area contributed by atoms with Crippen LogP contribution >= 0.6 is 11.8 Å². The van der Waals surface area contributed by atoms with Crippen LogP contribution in [0.4, 0.5) is 0 Å². The fourth-order valence-corrected chi connectivity index (χ4v) is 2.41. The molecule has 0 bridgehead atoms. The molecule has 0 atom stereocenters. The number of aromatic carboxylic acids is 1. The molecule has 92 valence electrons. The van der Waals surface area contributed by atoms with Gasteiger partial charge in [-0.2, -0.15) is 0 Å². The van der Waals surface area contributed by atoms with E-state index in [4.69, 9.17) is 5.11 Å². The molecule has 2 aromatic carbocycles. The molecule has 0 aliphatic heterocycles. The zero-order valence-electron chi connectivity index (χ0n) is 9.75. The zero-order chi connectivity index (χ0) is 13.1. The number of hydrogen-bond donors (Lipinski definition) is 2. The largest absolute Gasteiger partial charge is 0.508 e. The Morgan fingerprint density at radius 1 is 1.06 bits per heavy atom. The SMILES string of the molecule is Cc1cc(Sc2ccc(C(=O)O)cc2)ccc1O. The lowest BCUT2D eigenvalue weighted by Gasteiger charge is -2.04. The van der Waals surface area contributed by atoms with Crippen LogP contribution in [0.3, 0.4) is 0 Å². The van der Waals surface area contributed by atoms with Crippen LogP contribution in [-0.4, -0.2) is 16.2 Å². The molecule has 0 amide bonds. The highest BCUT2D eigenvalue weighted by molar-refractivity contribution is 7.99. The standard InChI is InChI=1S/C14H12O3S/c1-9-8-12(6-7-13(9)15)18-11-4-2-10(3-5-11)14(16)17/h2-8,15H,1H3,(H,16,17). The molecule has 0 heterocycles. The fraction of sp³-hybridized carbons (Fsp3) is 0.0714. The number of carboxylic acid groups (broad SMARTS) is 1. The molecule has 0 aromatic heterocycles. The van der Waals surface area contributed by atoms with Crippen LogP contribution in [-0.2, 0) is 0 Å². The van der Waals surface area contributed by atoms with E-state index < -0.39 is 5.97 Å². The van der Waals surface area contributed by atoms with E-state index in [0.29, 0.717) is 0 Å². The first kappa shape index (κ1) is 12.5. The third-order valence-corrected chi connectivity index (χ3v) is 3.50. The first-order valence-corrected chi connectivity index (χ1v) is 6.19. The Balaban J connectivity index is 2.18. The van der Waals surface area contributed by atoms with Crippen LogP contribution in [0.1, 0.15) is 15.9 Å². The molecule has 0 aliphatic rings. The van der Waals surface area contributed by atoms with E-state index in [0.717, 1.165) is 15.4 Å². The fourth-order valence-electron chi connectivity index (χ4n) is 1.49. The lowest BCUT2D eigenvalue weighted by molar-refractivity contribution is 0.0697. The quantitative estimate of drug-likeness (QED) is 0.886. The van der Waals surface area contributed by atoms with Gasteiger partial charge in [-0.25, -0.2) is 4.79 Å². The molecule has 18 heavy (non-hydrogen) atoms. The zero-order valence-corrected chi connectivity index (χ0v) is 10.6. The third kappa shape index (κ3) is 2.84. The molecule has 0 unspecified atom stereocenters. The molecule has 0 saturated carbocycles. The molecule has 2 rings (SSSR count). The van der Waals surface area contributed by atoms with E-state index in [2.05, 4.69) is 0 Å². The van der Waals surface area contributed by atoms with Gasteiger partial charge in [0.15, 0.2) is 0 Å². The second-order valence-corrected chi connectivity index (χ2v) is 5.03. The highest BCUT2D eigenvalue weighted by Gasteiger charge is 2.04. The first-order valence-electron chi connectivity index (χ1n) is 5.37. The molecule has 2 aromatic rings. The average molecular weight is 260 g/mol. The van der Waals surface area contributed by atoms with E-state index >= 15 is 0 Å². The van der Waals surface area contributed by atoms with Crippen LogP contribution in [0.25, 0.3) is 0 Å². The number of aryl methyl sites for hydroxylation is 1. The first-order chi connectivity index (χ1) is 8.56. The molecule has 2 N–H and O–H groups in total. The summed E-state index contributed by atoms with van der Waals surface area (Å²) in [6, 6.07) is 12.1. The van der Waals surface area contributed by atoms with Gasteiger partial charge in [0.25, 0.3) is 0 Å². The van der Waals surface area contributed by atoms with Gasteiger partial charge in [0.2, 0.25) is 0 Å². The van der Waals surface area contributed by atoms with Crippen molar-refractivity contribution < 1.29 is 15.0 Å². The van der Waals surface area contributed by atoms with Crippen molar-refractivity contribution in [1.82, 2.24) is 0 Å². The Kier molecular flexibility index (Phi) is 3.58. The van der Waals surface area contributed by atoms with Crippen LogP contribution in [0.2, 0.25) is 0 Å². The van der Waals surface area contributed by atoms with E-state index in [-0.39, 0.29) is 11.3 Å². The number of phenols is 1. The van der Waals surface area contributed by atoms with Gasteiger partial charge in [0.05, 0.1) is 5.56 Å². The molecule has 4 heteroatoms. The number of carboxylic acids is 1. The Morgan fingerprint density at radius 3 is 2.22 bits per heavy atom. The summed E-state index contributed by atoms with van der Waals surface area (Å²) >= 11 is 1.53. The van der Waals surface area contributed by atoms with E-state index in [9.17, 15) is 9.90 Å². The number of hydrogen-bond acceptors (Lipinski definition) is 3. The maximum Gasteiger partial charge on any atom is 0.335 e. The number of aromatic hydroxyl groups is 1. The highest BCUT2D eigenvalue weighted by Crippen LogP contribution is 2.30. The molecule has 0 spiro atoms. The second kappa shape index (κ2) is 5.14. The molecule has 0 saturated heterocycles. The van der Waals surface area contributed by atoms with Crippen molar-refractivity contribution in [3.8, 4) is 5.75 Å². The Morgan fingerprint density at radius 2 is 1.67 bits per heavy atom. The smallest absolute Gasteiger partial charge is 0.335 e. The topological polar surface area (TPSA) is 57.5 Å². The van der Waals surface area contributed by atoms with Gasteiger partial charge in [0, 0.05) is 9.79 Å². The maximum atomic E-state index is 10.7. The summed E-state index contributed by atoms with van der Waals surface area (Å²) in [5.41, 5.74) is 1.10. The second-order valence-electron chi connectivity index (χ2n) is 3.88. The van der Waals surface area contributed by atoms with Gasteiger partial charge in [-0.1, -0.05) is 11.8 Å². The lowest BCUT2D eigenvalue weighted by Crippen LogP contribution is -1.94. The number of phenolic OH excluding ortho intramolecular Hbond substituents is 1. The monoisotopic (exact) mass is 260 g/mol. The predicted molar refractivity (Wildman–Crippen MR) is 70.4 cm³/mol. The van der Waals surface area contributed by atoms with Crippen LogP contribution in [0.15, 0.2) is 52.3 Å². The summed E-state index contributed by atoms with van der Waals surface area (Å²) in [5.74, 6) is -0.646. The Hall–Kier alpha value is -1.94. The molecule has 0 radical (unpaired) electrons. The van der Waals surface area contributed by atoms with Crippen molar-refractivity contribution in [2.75, 3.05) is 0 Å². The van der Waals surface area contributed by atoms with Gasteiger partial charge in [-0.3, -0.25) is 0 Å². The van der Waals surface area contributed by atoms with Crippen LogP contribution in [0, 0.1) is 6.92 Å². The maximum absolute atomic E-state index is 10.7. The average Bonchev–Trinajstić information content (AvgIpc) is 2.34. The normalized spacial score (nSPS) is 10.3. The number of rotatable bonds is 3. The minimum absolute atomic E-state index is 0.278. The van der Waals surface area contributed by atoms with Crippen molar-refractivity contribution in [3.63, 3.8) is 0 Å². The van der Waals surface area contributed by atoms with E-state index in [1.54, 1.807) is 30.3 Å². The van der Waals surface area contributed by atoms with E-state index in [1.165, 1.54) is 11.8 Å². The molecule has 0 aliphatic carbocycles. The van der Waals surface area contributed by atoms with Crippen molar-refractivity contribution in [1.29, 1.82) is 0 Å². The Bertz CT molecular complexity index is 576. The molecule has 3 nitrogen and oxygen atoms in total. The van der Waals surface area contributed by atoms with Crippen LogP contribution < -0.4 is 0 Å². The molecule has 0 fully saturated rings. The van der Waals surface area contributed by atoms with Gasteiger partial charge < -0.3 is 10.2 Å². The predicted octanol–water partition coefficient (Wildman–Crippen LogP) is 3.55. The summed E-state index contributed by atoms with van der Waals surface area (Å²) in [5, 5.41) is 18.2.